The van der Waals surface area contributed by atoms with Gasteiger partial charge in [0.2, 0.25) is 0 Å². The number of hydrogen-bond acceptors (Lipinski definition) is 6. The van der Waals surface area contributed by atoms with E-state index in [2.05, 4.69) is 36.6 Å². The summed E-state index contributed by atoms with van der Waals surface area (Å²) in [5.74, 6) is 0.559. The lowest BCUT2D eigenvalue weighted by molar-refractivity contribution is 0.217. The van der Waals surface area contributed by atoms with Gasteiger partial charge in [0.05, 0.1) is 24.2 Å². The topological polar surface area (TPSA) is 74.1 Å². The number of nitrogens with zero attached hydrogens (tertiary/aromatic N) is 5. The van der Waals surface area contributed by atoms with Crippen molar-refractivity contribution < 1.29 is 14.6 Å². The van der Waals surface area contributed by atoms with Gasteiger partial charge in [0.15, 0.2) is 5.82 Å². The van der Waals surface area contributed by atoms with Gasteiger partial charge in [-0.2, -0.15) is 4.98 Å². The number of fused-ring (bicyclic) bond motifs is 1. The molecule has 1 N–H and O–H groups in total. The number of carbonyl (C=O) groups excluding carboxylic acids is 1. The van der Waals surface area contributed by atoms with Crippen molar-refractivity contribution in [2.75, 3.05) is 38.8 Å². The van der Waals surface area contributed by atoms with Crippen molar-refractivity contribution >= 4 is 29.3 Å². The standard InChI is InChI=1S/C18H27N5O3S/c1-6-26-17-19-16-15(23(17)11-14-20(4)10-12(2)27-14)13(3)22(8-7-9-24)18(25)21(16)5/h10,14,24H,3,6-9,11H2,1-2,4-5H3. The van der Waals surface area contributed by atoms with E-state index in [1.165, 1.54) is 9.81 Å². The maximum atomic E-state index is 12.7. The van der Waals surface area contributed by atoms with Crippen LogP contribution >= 0.6 is 11.8 Å². The van der Waals surface area contributed by atoms with Gasteiger partial charge in [0.25, 0.3) is 6.01 Å². The van der Waals surface area contributed by atoms with Crippen LogP contribution in [0, 0.1) is 0 Å². The molecule has 0 aromatic carbocycles. The van der Waals surface area contributed by atoms with Gasteiger partial charge in [0, 0.05) is 33.4 Å². The summed E-state index contributed by atoms with van der Waals surface area (Å²) in [5.41, 5.74) is 1.38. The van der Waals surface area contributed by atoms with Gasteiger partial charge in [-0.3, -0.25) is 14.4 Å². The number of aliphatic hydroxyl groups is 1. The van der Waals surface area contributed by atoms with Crippen molar-refractivity contribution in [1.82, 2.24) is 19.4 Å². The molecule has 8 nitrogen and oxygen atoms in total. The van der Waals surface area contributed by atoms with Crippen LogP contribution in [-0.2, 0) is 6.54 Å². The lowest BCUT2D eigenvalue weighted by Gasteiger charge is -2.34. The number of aliphatic hydroxyl groups excluding tert-OH is 1. The monoisotopic (exact) mass is 393 g/mol. The first-order valence-corrected chi connectivity index (χ1v) is 9.92. The van der Waals surface area contributed by atoms with Gasteiger partial charge in [-0.05, 0) is 25.2 Å². The molecule has 2 amide bonds. The summed E-state index contributed by atoms with van der Waals surface area (Å²) in [6.45, 7) is 9.74. The zero-order chi connectivity index (χ0) is 19.7. The van der Waals surface area contributed by atoms with Gasteiger partial charge in [-0.1, -0.05) is 6.58 Å². The Labute approximate surface area is 164 Å². The number of rotatable bonds is 7. The van der Waals surface area contributed by atoms with Crippen LogP contribution in [0.5, 0.6) is 6.01 Å². The highest BCUT2D eigenvalue weighted by molar-refractivity contribution is 8.03. The number of hydrogen-bond donors (Lipinski definition) is 1. The van der Waals surface area contributed by atoms with Crippen LogP contribution in [-0.4, -0.2) is 69.7 Å². The van der Waals surface area contributed by atoms with Gasteiger partial charge < -0.3 is 14.7 Å². The van der Waals surface area contributed by atoms with E-state index in [0.717, 1.165) is 5.69 Å². The average molecular weight is 394 g/mol. The van der Waals surface area contributed by atoms with Crippen molar-refractivity contribution in [2.45, 2.75) is 32.2 Å². The molecule has 0 saturated carbocycles. The Morgan fingerprint density at radius 1 is 1.41 bits per heavy atom. The molecule has 2 aliphatic rings. The molecule has 27 heavy (non-hydrogen) atoms. The molecule has 1 unspecified atom stereocenters. The SMILES string of the molecule is C=C1c2c(nc(OCC)n2CC2SC(C)=CN2C)N(C)C(=O)N1CCCO. The molecule has 0 radical (unpaired) electrons. The highest BCUT2D eigenvalue weighted by Gasteiger charge is 2.37. The number of thioether (sulfide) groups is 1. The largest absolute Gasteiger partial charge is 0.465 e. The molecule has 0 fully saturated rings. The summed E-state index contributed by atoms with van der Waals surface area (Å²) in [4.78, 5) is 23.9. The highest BCUT2D eigenvalue weighted by atomic mass is 32.2. The van der Waals surface area contributed by atoms with E-state index in [-0.39, 0.29) is 18.0 Å². The van der Waals surface area contributed by atoms with Gasteiger partial charge in [-0.15, -0.1) is 11.8 Å². The normalized spacial score (nSPS) is 19.7. The maximum Gasteiger partial charge on any atom is 0.329 e. The fraction of sp³-hybridized carbons (Fsp3) is 0.556. The summed E-state index contributed by atoms with van der Waals surface area (Å²) in [5, 5.41) is 9.38. The lowest BCUT2D eigenvalue weighted by atomic mass is 10.2. The number of imidazole rings is 1. The maximum absolute atomic E-state index is 12.7. The highest BCUT2D eigenvalue weighted by Crippen LogP contribution is 2.39. The zero-order valence-corrected chi connectivity index (χ0v) is 17.1. The Bertz CT molecular complexity index is 775. The number of urea groups is 1. The van der Waals surface area contributed by atoms with Crippen LogP contribution in [0.1, 0.15) is 26.0 Å². The second-order valence-electron chi connectivity index (χ2n) is 6.61. The second-order valence-corrected chi connectivity index (χ2v) is 8.03. The van der Waals surface area contributed by atoms with Crippen LogP contribution in [0.15, 0.2) is 17.7 Å². The Morgan fingerprint density at radius 3 is 2.74 bits per heavy atom. The van der Waals surface area contributed by atoms with Gasteiger partial charge in [-0.25, -0.2) is 4.79 Å². The Balaban J connectivity index is 2.00. The molecule has 2 aliphatic heterocycles. The van der Waals surface area contributed by atoms with Crippen LogP contribution in [0.25, 0.3) is 5.70 Å². The minimum Gasteiger partial charge on any atom is -0.465 e. The number of amides is 2. The molecule has 0 spiro atoms. The molecular formula is C18H27N5O3S. The van der Waals surface area contributed by atoms with E-state index in [0.29, 0.717) is 43.6 Å². The fourth-order valence-electron chi connectivity index (χ4n) is 3.34. The predicted molar refractivity (Wildman–Crippen MR) is 108 cm³/mol. The van der Waals surface area contributed by atoms with E-state index >= 15 is 0 Å². The smallest absolute Gasteiger partial charge is 0.329 e. The van der Waals surface area contributed by atoms with Gasteiger partial charge in [0.1, 0.15) is 5.69 Å². The number of allylic oxidation sites excluding steroid dienone is 1. The molecule has 1 aromatic heterocycles. The number of likely N-dealkylation sites (N-methyl/N-ethyl adjacent to an activating group) is 1. The number of aromatic nitrogens is 2. The summed E-state index contributed by atoms with van der Waals surface area (Å²) >= 11 is 1.79. The molecule has 3 rings (SSSR count). The van der Waals surface area contributed by atoms with Crippen LogP contribution in [0.3, 0.4) is 0 Å². The number of carbonyl (C=O) groups is 1. The fourth-order valence-corrected chi connectivity index (χ4v) is 4.45. The molecule has 0 saturated heterocycles. The molecule has 1 atom stereocenters. The van der Waals surface area contributed by atoms with E-state index in [4.69, 9.17) is 4.74 Å². The summed E-state index contributed by atoms with van der Waals surface area (Å²) in [6, 6.07) is 0.296. The van der Waals surface area contributed by atoms with Crippen molar-refractivity contribution in [1.29, 1.82) is 0 Å². The van der Waals surface area contributed by atoms with Crippen LogP contribution in [0.2, 0.25) is 0 Å². The quantitative estimate of drug-likeness (QED) is 0.767. The Kier molecular flexibility index (Phi) is 5.71. The number of ether oxygens (including phenoxy) is 1. The molecule has 3 heterocycles. The third-order valence-corrected chi connectivity index (χ3v) is 5.89. The van der Waals surface area contributed by atoms with Crippen molar-refractivity contribution in [3.8, 4) is 6.01 Å². The molecule has 0 bridgehead atoms. The first-order valence-electron chi connectivity index (χ1n) is 9.04. The second kappa shape index (κ2) is 7.85. The van der Waals surface area contributed by atoms with E-state index in [1.54, 1.807) is 23.7 Å². The summed E-state index contributed by atoms with van der Waals surface area (Å²) < 4.78 is 7.79. The Morgan fingerprint density at radius 2 is 2.15 bits per heavy atom. The predicted octanol–water partition coefficient (Wildman–Crippen LogP) is 2.37. The average Bonchev–Trinajstić information content (AvgIpc) is 3.14. The van der Waals surface area contributed by atoms with E-state index < -0.39 is 0 Å². The third-order valence-electron chi connectivity index (χ3n) is 4.66. The van der Waals surface area contributed by atoms with E-state index in [9.17, 15) is 9.90 Å². The van der Waals surface area contributed by atoms with E-state index in [1.807, 2.05) is 11.5 Å². The minimum absolute atomic E-state index is 0.0194. The molecule has 148 valence electrons. The van der Waals surface area contributed by atoms with Crippen molar-refractivity contribution in [2.24, 2.45) is 0 Å². The number of anilines is 1. The van der Waals surface area contributed by atoms with Crippen LogP contribution < -0.4 is 9.64 Å². The van der Waals surface area contributed by atoms with Crippen LogP contribution in [0.4, 0.5) is 10.6 Å². The van der Waals surface area contributed by atoms with Crippen molar-refractivity contribution in [3.05, 3.63) is 23.4 Å². The Hall–Kier alpha value is -2.13. The molecular weight excluding hydrogens is 366 g/mol. The molecule has 1 aromatic rings. The summed E-state index contributed by atoms with van der Waals surface area (Å²) in [6.07, 6.45) is 2.61. The first kappa shape index (κ1) is 19.6. The van der Waals surface area contributed by atoms with Crippen molar-refractivity contribution in [3.63, 3.8) is 0 Å². The minimum atomic E-state index is -0.196. The van der Waals surface area contributed by atoms with Gasteiger partial charge >= 0.3 is 6.03 Å². The molecule has 0 aliphatic carbocycles. The molecule has 9 heteroatoms. The first-order chi connectivity index (χ1) is 12.9. The summed E-state index contributed by atoms with van der Waals surface area (Å²) in [7, 11) is 3.75. The third kappa shape index (κ3) is 3.53. The lowest BCUT2D eigenvalue weighted by Crippen LogP contribution is -2.45. The zero-order valence-electron chi connectivity index (χ0n) is 16.3.